The van der Waals surface area contributed by atoms with Crippen molar-refractivity contribution in [2.45, 2.75) is 52.1 Å². The minimum atomic E-state index is 0.0899. The average Bonchev–Trinajstić information content (AvgIpc) is 2.64. The van der Waals surface area contributed by atoms with Crippen molar-refractivity contribution in [3.63, 3.8) is 0 Å². The molecule has 1 atom stereocenters. The second-order valence-electron chi connectivity index (χ2n) is 4.60. The highest BCUT2D eigenvalue weighted by molar-refractivity contribution is 5.25. The topological polar surface area (TPSA) is 29.9 Å². The van der Waals surface area contributed by atoms with Crippen LogP contribution in [-0.4, -0.2) is 16.1 Å². The molecule has 2 rings (SSSR count). The molecule has 1 aliphatic rings. The van der Waals surface area contributed by atoms with Gasteiger partial charge < -0.3 is 9.88 Å². The van der Waals surface area contributed by atoms with E-state index in [4.69, 9.17) is 0 Å². The van der Waals surface area contributed by atoms with E-state index in [0.717, 1.165) is 25.9 Å². The van der Waals surface area contributed by atoms with Crippen LogP contribution in [0, 0.1) is 0 Å². The molecule has 1 aromatic heterocycles. The molecule has 0 saturated heterocycles. The van der Waals surface area contributed by atoms with Gasteiger partial charge in [0.1, 0.15) is 0 Å². The maximum atomic E-state index is 4.60. The molecule has 0 bridgehead atoms. The zero-order chi connectivity index (χ0) is 10.9. The summed E-state index contributed by atoms with van der Waals surface area (Å²) in [6, 6.07) is 0. The number of fused-ring (bicyclic) bond motifs is 1. The molecule has 0 aliphatic carbocycles. The number of hydrogen-bond donors (Lipinski definition) is 1. The molecule has 1 aromatic rings. The van der Waals surface area contributed by atoms with Gasteiger partial charge in [0.15, 0.2) is 0 Å². The molecular formula is C12H21N3. The molecule has 0 spiro atoms. The Morgan fingerprint density at radius 3 is 3.00 bits per heavy atom. The van der Waals surface area contributed by atoms with Crippen molar-refractivity contribution in [3.8, 4) is 0 Å². The van der Waals surface area contributed by atoms with Crippen LogP contribution >= 0.6 is 0 Å². The van der Waals surface area contributed by atoms with Crippen LogP contribution in [0.2, 0.25) is 0 Å². The molecule has 1 N–H and O–H groups in total. The highest BCUT2D eigenvalue weighted by Crippen LogP contribution is 2.29. The van der Waals surface area contributed by atoms with Gasteiger partial charge in [0.2, 0.25) is 0 Å². The van der Waals surface area contributed by atoms with Crippen molar-refractivity contribution in [2.24, 2.45) is 0 Å². The lowest BCUT2D eigenvalue weighted by atomic mass is 9.89. The molecule has 3 heteroatoms. The van der Waals surface area contributed by atoms with E-state index in [0.29, 0.717) is 0 Å². The third kappa shape index (κ3) is 1.69. The minimum Gasteiger partial charge on any atom is -0.334 e. The number of hydrogen-bond acceptors (Lipinski definition) is 2. The summed E-state index contributed by atoms with van der Waals surface area (Å²) >= 11 is 0. The Labute approximate surface area is 91.9 Å². The Balaban J connectivity index is 2.38. The predicted octanol–water partition coefficient (Wildman–Crippen LogP) is 2.06. The van der Waals surface area contributed by atoms with Crippen LogP contribution in [0.3, 0.4) is 0 Å². The summed E-state index contributed by atoms with van der Waals surface area (Å²) in [4.78, 5) is 4.60. The number of imidazole rings is 1. The maximum Gasteiger partial charge on any atom is 0.0952 e. The first-order valence-corrected chi connectivity index (χ1v) is 6.00. The fraction of sp³-hybridized carbons (Fsp3) is 0.750. The monoisotopic (exact) mass is 207 g/mol. The minimum absolute atomic E-state index is 0.0899. The van der Waals surface area contributed by atoms with E-state index in [9.17, 15) is 0 Å². The Hall–Kier alpha value is -0.830. The van der Waals surface area contributed by atoms with Crippen LogP contribution < -0.4 is 5.32 Å². The maximum absolute atomic E-state index is 4.60. The third-order valence-corrected chi connectivity index (χ3v) is 3.52. The van der Waals surface area contributed by atoms with Gasteiger partial charge in [0.25, 0.3) is 0 Å². The summed E-state index contributed by atoms with van der Waals surface area (Å²) < 4.78 is 2.32. The summed E-state index contributed by atoms with van der Waals surface area (Å²) in [6.45, 7) is 8.87. The standard InChI is InChI=1S/C12H21N3/c1-4-8-15-9-13-11-10(15)6-7-14-12(11,3)5-2/h9,14H,4-8H2,1-3H3. The highest BCUT2D eigenvalue weighted by atomic mass is 15.1. The smallest absolute Gasteiger partial charge is 0.0952 e. The Bertz CT molecular complexity index is 343. The van der Waals surface area contributed by atoms with E-state index in [1.165, 1.54) is 17.8 Å². The second-order valence-corrected chi connectivity index (χ2v) is 4.60. The second kappa shape index (κ2) is 3.97. The van der Waals surface area contributed by atoms with Gasteiger partial charge in [-0.1, -0.05) is 13.8 Å². The normalized spacial score (nSPS) is 25.3. The van der Waals surface area contributed by atoms with E-state index < -0.39 is 0 Å². The van der Waals surface area contributed by atoms with Crippen molar-refractivity contribution in [3.05, 3.63) is 17.7 Å². The molecule has 1 unspecified atom stereocenters. The number of aryl methyl sites for hydroxylation is 1. The van der Waals surface area contributed by atoms with Crippen LogP contribution in [0.5, 0.6) is 0 Å². The highest BCUT2D eigenvalue weighted by Gasteiger charge is 2.33. The molecule has 1 aliphatic heterocycles. The summed E-state index contributed by atoms with van der Waals surface area (Å²) in [5, 5.41) is 3.58. The molecule has 15 heavy (non-hydrogen) atoms. The number of rotatable bonds is 3. The molecule has 3 nitrogen and oxygen atoms in total. The summed E-state index contributed by atoms with van der Waals surface area (Å²) in [5.41, 5.74) is 2.80. The molecule has 2 heterocycles. The van der Waals surface area contributed by atoms with Crippen molar-refractivity contribution in [1.29, 1.82) is 0 Å². The Morgan fingerprint density at radius 2 is 2.33 bits per heavy atom. The van der Waals surface area contributed by atoms with E-state index in [1.54, 1.807) is 0 Å². The third-order valence-electron chi connectivity index (χ3n) is 3.52. The van der Waals surface area contributed by atoms with Crippen LogP contribution in [0.4, 0.5) is 0 Å². The summed E-state index contributed by atoms with van der Waals surface area (Å²) in [5.74, 6) is 0. The quantitative estimate of drug-likeness (QED) is 0.822. The number of aromatic nitrogens is 2. The van der Waals surface area contributed by atoms with Gasteiger partial charge in [-0.05, 0) is 19.8 Å². The van der Waals surface area contributed by atoms with Gasteiger partial charge >= 0.3 is 0 Å². The molecule has 0 amide bonds. The molecule has 0 saturated carbocycles. The summed E-state index contributed by atoms with van der Waals surface area (Å²) in [6.07, 6.45) is 5.40. The van der Waals surface area contributed by atoms with Crippen LogP contribution in [0.1, 0.15) is 45.0 Å². The Morgan fingerprint density at radius 1 is 1.53 bits per heavy atom. The van der Waals surface area contributed by atoms with Crippen LogP contribution in [0.25, 0.3) is 0 Å². The lowest BCUT2D eigenvalue weighted by molar-refractivity contribution is 0.323. The first-order valence-electron chi connectivity index (χ1n) is 6.00. The predicted molar refractivity (Wildman–Crippen MR) is 61.9 cm³/mol. The van der Waals surface area contributed by atoms with Crippen LogP contribution in [0.15, 0.2) is 6.33 Å². The zero-order valence-corrected chi connectivity index (χ0v) is 10.0. The zero-order valence-electron chi connectivity index (χ0n) is 10.0. The van der Waals surface area contributed by atoms with Crippen molar-refractivity contribution < 1.29 is 0 Å². The fourth-order valence-corrected chi connectivity index (χ4v) is 2.40. The lowest BCUT2D eigenvalue weighted by Crippen LogP contribution is -2.45. The molecule has 0 aromatic carbocycles. The van der Waals surface area contributed by atoms with Gasteiger partial charge in [0, 0.05) is 25.2 Å². The summed E-state index contributed by atoms with van der Waals surface area (Å²) in [7, 11) is 0. The largest absolute Gasteiger partial charge is 0.334 e. The average molecular weight is 207 g/mol. The van der Waals surface area contributed by atoms with Gasteiger partial charge in [-0.3, -0.25) is 0 Å². The van der Waals surface area contributed by atoms with Gasteiger partial charge in [-0.25, -0.2) is 4.98 Å². The van der Waals surface area contributed by atoms with Gasteiger partial charge in [0.05, 0.1) is 17.6 Å². The van der Waals surface area contributed by atoms with Gasteiger partial charge in [-0.15, -0.1) is 0 Å². The van der Waals surface area contributed by atoms with E-state index in [-0.39, 0.29) is 5.54 Å². The molecule has 0 radical (unpaired) electrons. The first kappa shape index (κ1) is 10.7. The van der Waals surface area contributed by atoms with Crippen molar-refractivity contribution >= 4 is 0 Å². The number of nitrogens with one attached hydrogen (secondary N) is 1. The van der Waals surface area contributed by atoms with Crippen LogP contribution in [-0.2, 0) is 18.5 Å². The molecular weight excluding hydrogens is 186 g/mol. The lowest BCUT2D eigenvalue weighted by Gasteiger charge is -2.33. The van der Waals surface area contributed by atoms with E-state index in [2.05, 4.69) is 35.6 Å². The van der Waals surface area contributed by atoms with E-state index >= 15 is 0 Å². The van der Waals surface area contributed by atoms with E-state index in [1.807, 2.05) is 6.33 Å². The molecule has 0 fully saturated rings. The van der Waals surface area contributed by atoms with Gasteiger partial charge in [-0.2, -0.15) is 0 Å². The molecule has 84 valence electrons. The van der Waals surface area contributed by atoms with Crippen molar-refractivity contribution in [1.82, 2.24) is 14.9 Å². The SMILES string of the molecule is CCCn1cnc2c1CCNC2(C)CC. The fourth-order valence-electron chi connectivity index (χ4n) is 2.40. The first-order chi connectivity index (χ1) is 7.21. The number of nitrogens with zero attached hydrogens (tertiary/aromatic N) is 2. The van der Waals surface area contributed by atoms with Crippen molar-refractivity contribution in [2.75, 3.05) is 6.54 Å². The Kier molecular flexibility index (Phi) is 2.83.